The Morgan fingerprint density at radius 2 is 2.18 bits per heavy atom. The number of amidine groups is 1. The van der Waals surface area contributed by atoms with Crippen LogP contribution < -0.4 is 16.5 Å². The first-order valence-electron chi connectivity index (χ1n) is 8.89. The van der Waals surface area contributed by atoms with Gasteiger partial charge in [0.25, 0.3) is 5.91 Å². The van der Waals surface area contributed by atoms with Gasteiger partial charge in [-0.15, -0.1) is 4.28 Å². The number of fused-ring (bicyclic) bond motifs is 2. The second-order valence-corrected chi connectivity index (χ2v) is 8.23. The minimum atomic E-state index is -4.83. The SMILES string of the molecule is N=C(N)C[C@@H]1CN[C@@H](CONC(=O)[C@@H]2CC[C@@H]3CN2C(=O)N3OS(=O)(=O)O)C1. The third kappa shape index (κ3) is 4.88. The molecule has 0 saturated carbocycles. The van der Waals surface area contributed by atoms with Crippen LogP contribution in [0.1, 0.15) is 25.7 Å². The van der Waals surface area contributed by atoms with Gasteiger partial charge in [0.2, 0.25) is 0 Å². The van der Waals surface area contributed by atoms with Crippen LogP contribution >= 0.6 is 0 Å². The Kier molecular flexibility index (Phi) is 6.04. The van der Waals surface area contributed by atoms with Gasteiger partial charge in [0.15, 0.2) is 0 Å². The lowest BCUT2D eigenvalue weighted by molar-refractivity contribution is -0.139. The Balaban J connectivity index is 1.46. The summed E-state index contributed by atoms with van der Waals surface area (Å²) in [5.41, 5.74) is 7.73. The van der Waals surface area contributed by atoms with Crippen molar-refractivity contribution >= 4 is 28.2 Å². The van der Waals surface area contributed by atoms with E-state index in [9.17, 15) is 18.0 Å². The highest BCUT2D eigenvalue weighted by Gasteiger charge is 2.49. The van der Waals surface area contributed by atoms with Gasteiger partial charge in [-0.3, -0.25) is 19.6 Å². The summed E-state index contributed by atoms with van der Waals surface area (Å²) in [7, 11) is -4.83. The van der Waals surface area contributed by atoms with Crippen molar-refractivity contribution < 1.29 is 31.7 Å². The van der Waals surface area contributed by atoms with E-state index in [0.29, 0.717) is 24.3 Å². The molecule has 3 aliphatic heterocycles. The van der Waals surface area contributed by atoms with E-state index in [2.05, 4.69) is 15.1 Å². The van der Waals surface area contributed by atoms with Crippen molar-refractivity contribution in [3.8, 4) is 0 Å². The normalized spacial score (nSPS) is 30.0. The highest BCUT2D eigenvalue weighted by Crippen LogP contribution is 2.30. The summed E-state index contributed by atoms with van der Waals surface area (Å²) in [4.78, 5) is 31.1. The van der Waals surface area contributed by atoms with Gasteiger partial charge >= 0.3 is 16.4 Å². The average Bonchev–Trinajstić information content (AvgIpc) is 3.12. The van der Waals surface area contributed by atoms with Crippen LogP contribution in [0, 0.1) is 11.3 Å². The molecule has 0 aromatic heterocycles. The predicted octanol–water partition coefficient (Wildman–Crippen LogP) is -1.66. The molecule has 0 unspecified atom stereocenters. The largest absolute Gasteiger partial charge is 0.418 e. The van der Waals surface area contributed by atoms with Crippen LogP contribution in [0.5, 0.6) is 0 Å². The van der Waals surface area contributed by atoms with Crippen LogP contribution in [-0.4, -0.2) is 78.5 Å². The molecule has 14 heteroatoms. The summed E-state index contributed by atoms with van der Waals surface area (Å²) in [5.74, 6) is -0.119. The van der Waals surface area contributed by atoms with Crippen molar-refractivity contribution in [3.05, 3.63) is 0 Å². The van der Waals surface area contributed by atoms with E-state index in [-0.39, 0.29) is 30.9 Å². The van der Waals surface area contributed by atoms with Crippen LogP contribution in [-0.2, 0) is 24.3 Å². The van der Waals surface area contributed by atoms with E-state index in [1.54, 1.807) is 0 Å². The zero-order valence-electron chi connectivity index (χ0n) is 15.0. The van der Waals surface area contributed by atoms with Crippen LogP contribution in [0.2, 0.25) is 0 Å². The molecular formula is C14H24N6O7S. The fraction of sp³-hybridized carbons (Fsp3) is 0.786. The van der Waals surface area contributed by atoms with E-state index < -0.39 is 34.4 Å². The number of urea groups is 1. The summed E-state index contributed by atoms with van der Waals surface area (Å²) in [6.07, 6.45) is 1.93. The number of hydrogen-bond acceptors (Lipinski definition) is 8. The Bertz CT molecular complexity index is 746. The molecule has 28 heavy (non-hydrogen) atoms. The molecule has 3 heterocycles. The molecule has 13 nitrogen and oxygen atoms in total. The van der Waals surface area contributed by atoms with Gasteiger partial charge in [-0.25, -0.2) is 10.3 Å². The maximum absolute atomic E-state index is 12.4. The smallest absolute Gasteiger partial charge is 0.388 e. The summed E-state index contributed by atoms with van der Waals surface area (Å²) in [5, 5.41) is 11.1. The topological polar surface area (TPSA) is 187 Å². The van der Waals surface area contributed by atoms with Gasteiger partial charge < -0.3 is 16.0 Å². The molecule has 0 aromatic rings. The Morgan fingerprint density at radius 1 is 1.43 bits per heavy atom. The molecule has 0 aliphatic carbocycles. The number of piperidine rings is 1. The number of carbonyl (C=O) groups is 2. The number of hydrogen-bond donors (Lipinski definition) is 5. The van der Waals surface area contributed by atoms with Crippen molar-refractivity contribution in [2.45, 2.75) is 43.8 Å². The predicted molar refractivity (Wildman–Crippen MR) is 93.9 cm³/mol. The molecule has 0 aromatic carbocycles. The molecule has 0 spiro atoms. The van der Waals surface area contributed by atoms with Crippen molar-refractivity contribution in [1.29, 1.82) is 5.41 Å². The van der Waals surface area contributed by atoms with Crippen molar-refractivity contribution in [3.63, 3.8) is 0 Å². The molecule has 3 saturated heterocycles. The van der Waals surface area contributed by atoms with E-state index in [1.165, 1.54) is 4.90 Å². The van der Waals surface area contributed by atoms with E-state index in [1.807, 2.05) is 0 Å². The number of nitrogens with two attached hydrogens (primary N) is 1. The fourth-order valence-electron chi connectivity index (χ4n) is 3.88. The van der Waals surface area contributed by atoms with Crippen LogP contribution in [0.15, 0.2) is 0 Å². The fourth-order valence-corrected chi connectivity index (χ4v) is 4.27. The first-order chi connectivity index (χ1) is 13.1. The van der Waals surface area contributed by atoms with E-state index in [0.717, 1.165) is 13.0 Å². The quantitative estimate of drug-likeness (QED) is 0.132. The molecule has 3 fully saturated rings. The molecular weight excluding hydrogens is 396 g/mol. The first kappa shape index (κ1) is 20.7. The second-order valence-electron chi connectivity index (χ2n) is 7.22. The zero-order chi connectivity index (χ0) is 20.5. The van der Waals surface area contributed by atoms with Crippen molar-refractivity contribution in [2.24, 2.45) is 11.7 Å². The molecule has 3 amide bonds. The third-order valence-corrected chi connectivity index (χ3v) is 5.43. The van der Waals surface area contributed by atoms with Gasteiger partial charge in [-0.05, 0) is 31.7 Å². The Morgan fingerprint density at radius 3 is 2.86 bits per heavy atom. The molecule has 3 aliphatic rings. The van der Waals surface area contributed by atoms with Gasteiger partial charge in [0.1, 0.15) is 6.04 Å². The lowest BCUT2D eigenvalue weighted by Crippen LogP contribution is -2.50. The lowest BCUT2D eigenvalue weighted by atomic mass is 10.0. The monoisotopic (exact) mass is 420 g/mol. The summed E-state index contributed by atoms with van der Waals surface area (Å²) in [6.45, 7) is 1.06. The highest BCUT2D eigenvalue weighted by atomic mass is 32.3. The molecule has 6 N–H and O–H groups in total. The first-order valence-corrected chi connectivity index (χ1v) is 10.3. The van der Waals surface area contributed by atoms with Gasteiger partial charge in [-0.1, -0.05) is 0 Å². The maximum atomic E-state index is 12.4. The van der Waals surface area contributed by atoms with E-state index >= 15 is 0 Å². The molecule has 0 radical (unpaired) electrons. The van der Waals surface area contributed by atoms with Crippen LogP contribution in [0.3, 0.4) is 0 Å². The number of amides is 3. The molecule has 2 bridgehead atoms. The minimum absolute atomic E-state index is 0.0208. The third-order valence-electron chi connectivity index (χ3n) is 5.08. The number of hydroxylamine groups is 3. The average molecular weight is 420 g/mol. The van der Waals surface area contributed by atoms with Crippen LogP contribution in [0.4, 0.5) is 4.79 Å². The van der Waals surface area contributed by atoms with Crippen LogP contribution in [0.25, 0.3) is 0 Å². The Hall–Kier alpha value is -2.00. The zero-order valence-corrected chi connectivity index (χ0v) is 15.9. The number of nitrogens with one attached hydrogen (secondary N) is 3. The minimum Gasteiger partial charge on any atom is -0.388 e. The number of rotatable bonds is 8. The molecule has 4 atom stereocenters. The summed E-state index contributed by atoms with van der Waals surface area (Å²) >= 11 is 0. The van der Waals surface area contributed by atoms with Crippen molar-refractivity contribution in [1.82, 2.24) is 20.8 Å². The van der Waals surface area contributed by atoms with E-state index in [4.69, 9.17) is 20.5 Å². The molecule has 3 rings (SSSR count). The van der Waals surface area contributed by atoms with Gasteiger partial charge in [0.05, 0.1) is 18.5 Å². The number of carbonyl (C=O) groups excluding carboxylic acids is 2. The van der Waals surface area contributed by atoms with Gasteiger partial charge in [0, 0.05) is 19.0 Å². The summed E-state index contributed by atoms with van der Waals surface area (Å²) < 4.78 is 34.9. The van der Waals surface area contributed by atoms with Crippen molar-refractivity contribution in [2.75, 3.05) is 19.7 Å². The second kappa shape index (κ2) is 8.16. The highest BCUT2D eigenvalue weighted by molar-refractivity contribution is 7.80. The number of nitrogens with zero attached hydrogens (tertiary/aromatic N) is 2. The van der Waals surface area contributed by atoms with Gasteiger partial charge in [-0.2, -0.15) is 13.5 Å². The Labute approximate surface area is 161 Å². The maximum Gasteiger partial charge on any atom is 0.418 e. The summed E-state index contributed by atoms with van der Waals surface area (Å²) in [6, 6.07) is -2.15. The molecule has 158 valence electrons. The standard InChI is InChI=1S/C14H24N6O7S/c15-12(16)4-8-3-9(17-5-8)7-26-18-13(21)11-2-1-10-6-19(11)14(22)20(10)27-28(23,24)25/h8-11,17H,1-7H2,(H3,15,16)(H,18,21)(H,23,24,25)/t8-,9-,10-,11+/m1/s1. The lowest BCUT2D eigenvalue weighted by Gasteiger charge is -2.29.